The summed E-state index contributed by atoms with van der Waals surface area (Å²) in [5.74, 6) is 1.03. The topological polar surface area (TPSA) is 42.7 Å². The van der Waals surface area contributed by atoms with Crippen molar-refractivity contribution in [3.63, 3.8) is 0 Å². The highest BCUT2D eigenvalue weighted by molar-refractivity contribution is 7.99. The smallest absolute Gasteiger partial charge is 0.142 e. The lowest BCUT2D eigenvalue weighted by Gasteiger charge is -2.15. The van der Waals surface area contributed by atoms with E-state index in [0.29, 0.717) is 0 Å². The summed E-state index contributed by atoms with van der Waals surface area (Å²) in [6, 6.07) is 2.22. The minimum Gasteiger partial charge on any atom is -0.329 e. The molecule has 0 aliphatic carbocycles. The van der Waals surface area contributed by atoms with Crippen LogP contribution in [0.5, 0.6) is 0 Å². The fourth-order valence-electron chi connectivity index (χ4n) is 3.44. The summed E-state index contributed by atoms with van der Waals surface area (Å²) in [5, 5.41) is 8.05. The van der Waals surface area contributed by atoms with E-state index in [1.165, 1.54) is 22.2 Å². The first-order valence-electron chi connectivity index (χ1n) is 8.10. The Morgan fingerprint density at radius 2 is 2.30 bits per heavy atom. The highest BCUT2D eigenvalue weighted by atomic mass is 32.2. The van der Waals surface area contributed by atoms with Gasteiger partial charge in [-0.2, -0.15) is 0 Å². The van der Waals surface area contributed by atoms with Crippen molar-refractivity contribution in [3.05, 3.63) is 28.2 Å². The summed E-state index contributed by atoms with van der Waals surface area (Å²) in [6.45, 7) is 7.33. The van der Waals surface area contributed by atoms with Gasteiger partial charge in [-0.3, -0.25) is 0 Å². The Balaban J connectivity index is 2.07. The van der Waals surface area contributed by atoms with Gasteiger partial charge < -0.3 is 9.88 Å². The summed E-state index contributed by atoms with van der Waals surface area (Å²) < 4.78 is 2.40. The van der Waals surface area contributed by atoms with Crippen LogP contribution in [-0.4, -0.2) is 26.8 Å². The quantitative estimate of drug-likeness (QED) is 0.728. The number of thioether (sulfide) groups is 1. The molecule has 6 heteroatoms. The number of hydrogen-bond donors (Lipinski definition) is 1. The third-order valence-corrected chi connectivity index (χ3v) is 5.75. The van der Waals surface area contributed by atoms with Gasteiger partial charge in [0.2, 0.25) is 0 Å². The Morgan fingerprint density at radius 3 is 3.04 bits per heavy atom. The molecule has 4 heterocycles. The number of thiazole rings is 1. The van der Waals surface area contributed by atoms with Crippen LogP contribution < -0.4 is 5.32 Å². The molecule has 0 saturated carbocycles. The summed E-state index contributed by atoms with van der Waals surface area (Å²) in [4.78, 5) is 9.56. The van der Waals surface area contributed by atoms with Gasteiger partial charge in [0.05, 0.1) is 16.2 Å². The molecule has 23 heavy (non-hydrogen) atoms. The van der Waals surface area contributed by atoms with Crippen molar-refractivity contribution in [1.29, 1.82) is 0 Å². The van der Waals surface area contributed by atoms with Gasteiger partial charge in [-0.1, -0.05) is 6.92 Å². The molecule has 0 radical (unpaired) electrons. The lowest BCUT2D eigenvalue weighted by molar-refractivity contribution is 0.605. The fraction of sp³-hybridized carbons (Fsp3) is 0.412. The van der Waals surface area contributed by atoms with E-state index in [1.54, 1.807) is 23.1 Å². The molecule has 0 unspecified atom stereocenters. The molecule has 0 fully saturated rings. The average Bonchev–Trinajstić information content (AvgIpc) is 3.20. The van der Waals surface area contributed by atoms with Crippen LogP contribution in [0.25, 0.3) is 22.3 Å². The predicted molar refractivity (Wildman–Crippen MR) is 98.3 cm³/mol. The number of pyridine rings is 1. The van der Waals surface area contributed by atoms with E-state index in [9.17, 15) is 0 Å². The first-order chi connectivity index (χ1) is 11.3. The van der Waals surface area contributed by atoms with Gasteiger partial charge in [-0.15, -0.1) is 23.1 Å². The van der Waals surface area contributed by atoms with Crippen LogP contribution in [0, 0.1) is 0 Å². The zero-order valence-electron chi connectivity index (χ0n) is 13.4. The highest BCUT2D eigenvalue weighted by Gasteiger charge is 2.24. The molecular formula is C17H20N4S2. The van der Waals surface area contributed by atoms with Crippen molar-refractivity contribution in [2.24, 2.45) is 0 Å². The van der Waals surface area contributed by atoms with Crippen LogP contribution in [0.1, 0.15) is 25.1 Å². The number of aryl methyl sites for hydroxylation is 1. The number of hydrogen-bond acceptors (Lipinski definition) is 5. The van der Waals surface area contributed by atoms with Crippen molar-refractivity contribution in [3.8, 4) is 11.3 Å². The van der Waals surface area contributed by atoms with E-state index in [1.807, 2.05) is 5.51 Å². The number of aromatic nitrogens is 3. The van der Waals surface area contributed by atoms with Gasteiger partial charge in [0, 0.05) is 48.1 Å². The molecule has 0 aromatic carbocycles. The van der Waals surface area contributed by atoms with Crippen LogP contribution >= 0.6 is 23.1 Å². The van der Waals surface area contributed by atoms with Gasteiger partial charge in [0.25, 0.3) is 0 Å². The van der Waals surface area contributed by atoms with Gasteiger partial charge in [0.1, 0.15) is 5.65 Å². The van der Waals surface area contributed by atoms with Crippen LogP contribution in [0.3, 0.4) is 0 Å². The Morgan fingerprint density at radius 1 is 1.39 bits per heavy atom. The monoisotopic (exact) mass is 344 g/mol. The Bertz CT molecular complexity index is 836. The standard InChI is InChI=1S/C17H20N4S2/c1-3-21-14-5-6-18-8-12(14)16-11(13-9-22-10-19-13)7-15(23-4-2)20-17(16)21/h7,9-10,18H,3-6,8H2,1-2H3. The van der Waals surface area contributed by atoms with Crippen LogP contribution in [0.4, 0.5) is 0 Å². The zero-order chi connectivity index (χ0) is 15.8. The average molecular weight is 345 g/mol. The molecule has 0 saturated heterocycles. The maximum absolute atomic E-state index is 4.99. The fourth-order valence-corrected chi connectivity index (χ4v) is 4.64. The normalized spacial score (nSPS) is 14.3. The van der Waals surface area contributed by atoms with Gasteiger partial charge in [-0.05, 0) is 24.3 Å². The third-order valence-electron chi connectivity index (χ3n) is 4.37. The van der Waals surface area contributed by atoms with E-state index < -0.39 is 0 Å². The summed E-state index contributed by atoms with van der Waals surface area (Å²) in [7, 11) is 0. The second-order valence-electron chi connectivity index (χ2n) is 5.61. The molecule has 120 valence electrons. The van der Waals surface area contributed by atoms with Crippen molar-refractivity contribution >= 4 is 34.1 Å². The molecule has 1 aliphatic rings. The van der Waals surface area contributed by atoms with Gasteiger partial charge in [0.15, 0.2) is 0 Å². The lowest BCUT2D eigenvalue weighted by atomic mass is 10.0. The first kappa shape index (κ1) is 15.2. The first-order valence-corrected chi connectivity index (χ1v) is 10.0. The Kier molecular flexibility index (Phi) is 4.13. The number of rotatable bonds is 4. The van der Waals surface area contributed by atoms with Crippen molar-refractivity contribution in [2.45, 2.75) is 38.4 Å². The largest absolute Gasteiger partial charge is 0.329 e. The van der Waals surface area contributed by atoms with Crippen molar-refractivity contribution in [1.82, 2.24) is 19.9 Å². The van der Waals surface area contributed by atoms with E-state index in [4.69, 9.17) is 4.98 Å². The SMILES string of the molecule is CCSc1cc(-c2cscn2)c2c3c(n(CC)c2n1)CCNC3. The van der Waals surface area contributed by atoms with Crippen LogP contribution in [0.15, 0.2) is 22.0 Å². The Labute approximate surface area is 144 Å². The second kappa shape index (κ2) is 6.26. The number of fused-ring (bicyclic) bond motifs is 3. The van der Waals surface area contributed by atoms with E-state index >= 15 is 0 Å². The summed E-state index contributed by atoms with van der Waals surface area (Å²) >= 11 is 3.45. The molecule has 3 aromatic rings. The predicted octanol–water partition coefficient (Wildman–Crippen LogP) is 3.94. The molecule has 0 amide bonds. The maximum Gasteiger partial charge on any atom is 0.142 e. The molecule has 0 atom stereocenters. The van der Waals surface area contributed by atoms with Crippen LogP contribution in [-0.2, 0) is 19.5 Å². The lowest BCUT2D eigenvalue weighted by Crippen LogP contribution is -2.24. The molecule has 4 nitrogen and oxygen atoms in total. The maximum atomic E-state index is 4.99. The minimum absolute atomic E-state index is 0.928. The molecule has 1 N–H and O–H groups in total. The second-order valence-corrected chi connectivity index (χ2v) is 7.61. The summed E-state index contributed by atoms with van der Waals surface area (Å²) in [6.07, 6.45) is 1.08. The molecular weight excluding hydrogens is 324 g/mol. The summed E-state index contributed by atoms with van der Waals surface area (Å²) in [5.41, 5.74) is 8.21. The Hall–Kier alpha value is -1.37. The highest BCUT2D eigenvalue weighted by Crippen LogP contribution is 2.37. The zero-order valence-corrected chi connectivity index (χ0v) is 15.1. The van der Waals surface area contributed by atoms with E-state index in [-0.39, 0.29) is 0 Å². The number of nitrogens with zero attached hydrogens (tertiary/aromatic N) is 3. The molecule has 0 spiro atoms. The minimum atomic E-state index is 0.928. The molecule has 4 rings (SSSR count). The molecule has 0 bridgehead atoms. The number of nitrogens with one attached hydrogen (secondary N) is 1. The van der Waals surface area contributed by atoms with Gasteiger partial charge >= 0.3 is 0 Å². The molecule has 1 aliphatic heterocycles. The van der Waals surface area contributed by atoms with Gasteiger partial charge in [-0.25, -0.2) is 9.97 Å². The third kappa shape index (κ3) is 2.49. The van der Waals surface area contributed by atoms with Crippen molar-refractivity contribution in [2.75, 3.05) is 12.3 Å². The van der Waals surface area contributed by atoms with E-state index in [2.05, 4.69) is 40.2 Å². The van der Waals surface area contributed by atoms with Crippen LogP contribution in [0.2, 0.25) is 0 Å². The van der Waals surface area contributed by atoms with Crippen molar-refractivity contribution < 1.29 is 0 Å². The van der Waals surface area contributed by atoms with E-state index in [0.717, 1.165) is 48.2 Å². The molecule has 3 aromatic heterocycles.